The zero-order valence-corrected chi connectivity index (χ0v) is 13.6. The van der Waals surface area contributed by atoms with E-state index in [9.17, 15) is 9.18 Å². The summed E-state index contributed by atoms with van der Waals surface area (Å²) in [5.74, 6) is -0.354. The Hall–Kier alpha value is -2.33. The molecule has 3 rings (SSSR count). The van der Waals surface area contributed by atoms with Crippen LogP contribution in [0, 0.1) is 5.82 Å². The van der Waals surface area contributed by atoms with Gasteiger partial charge in [0.05, 0.1) is 37.3 Å². The van der Waals surface area contributed by atoms with E-state index in [1.165, 1.54) is 16.9 Å². The summed E-state index contributed by atoms with van der Waals surface area (Å²) < 4.78 is 21.8. The van der Waals surface area contributed by atoms with Gasteiger partial charge in [-0.3, -0.25) is 0 Å². The van der Waals surface area contributed by atoms with Crippen LogP contribution in [0.25, 0.3) is 5.69 Å². The first-order valence-corrected chi connectivity index (χ1v) is 7.68. The van der Waals surface area contributed by atoms with Crippen molar-refractivity contribution in [2.75, 3.05) is 31.2 Å². The van der Waals surface area contributed by atoms with Gasteiger partial charge in [0.25, 0.3) is 0 Å². The number of rotatable bonds is 4. The number of hydrogen-bond acceptors (Lipinski definition) is 6. The summed E-state index contributed by atoms with van der Waals surface area (Å²) in [4.78, 5) is 12.7. The number of benzene rings is 1. The quantitative estimate of drug-likeness (QED) is 0.812. The number of aromatic nitrogens is 3. The molecule has 0 bridgehead atoms. The molecule has 0 radical (unpaired) electrons. The van der Waals surface area contributed by atoms with E-state index in [0.717, 1.165) is 4.31 Å². The minimum Gasteiger partial charge on any atom is -0.464 e. The van der Waals surface area contributed by atoms with E-state index in [2.05, 4.69) is 23.1 Å². The molecule has 0 saturated carbocycles. The standard InChI is InChI=1S/C14H16FN5O3S/c15-12-7-11(1-2-13(12)18-3-5-23-6-4-18)19-8-10(16-17-19)9-20(24)14(21)22/h1-2,7-8,24H,3-6,9H2,(H,21,22). The monoisotopic (exact) mass is 353 g/mol. The molecule has 1 N–H and O–H groups in total. The van der Waals surface area contributed by atoms with Gasteiger partial charge in [-0.2, -0.15) is 0 Å². The summed E-state index contributed by atoms with van der Waals surface area (Å²) in [5, 5.41) is 16.6. The average molecular weight is 353 g/mol. The van der Waals surface area contributed by atoms with Crippen molar-refractivity contribution >= 4 is 24.6 Å². The molecule has 1 amide bonds. The Balaban J connectivity index is 1.76. The molecule has 1 fully saturated rings. The third-order valence-corrected chi connectivity index (χ3v) is 3.93. The molecule has 1 saturated heterocycles. The Kier molecular flexibility index (Phi) is 4.86. The summed E-state index contributed by atoms with van der Waals surface area (Å²) in [6.07, 6.45) is 0.351. The molecule has 8 nitrogen and oxygen atoms in total. The molecule has 1 aromatic heterocycles. The van der Waals surface area contributed by atoms with Crippen LogP contribution in [0.3, 0.4) is 0 Å². The second kappa shape index (κ2) is 7.05. The molecule has 24 heavy (non-hydrogen) atoms. The topological polar surface area (TPSA) is 83.7 Å². The number of amides is 1. The van der Waals surface area contributed by atoms with Crippen LogP contribution < -0.4 is 4.90 Å². The Morgan fingerprint density at radius 3 is 2.83 bits per heavy atom. The van der Waals surface area contributed by atoms with E-state index in [-0.39, 0.29) is 12.4 Å². The molecule has 2 aromatic rings. The molecule has 128 valence electrons. The number of thiol groups is 1. The lowest BCUT2D eigenvalue weighted by Gasteiger charge is -2.29. The maximum atomic E-state index is 14.4. The summed E-state index contributed by atoms with van der Waals surface area (Å²) >= 11 is 3.80. The summed E-state index contributed by atoms with van der Waals surface area (Å²) in [7, 11) is 0. The molecule has 2 heterocycles. The smallest absolute Gasteiger partial charge is 0.417 e. The van der Waals surface area contributed by atoms with Crippen LogP contribution >= 0.6 is 12.8 Å². The largest absolute Gasteiger partial charge is 0.464 e. The van der Waals surface area contributed by atoms with E-state index >= 15 is 0 Å². The second-order valence-corrected chi connectivity index (χ2v) is 5.71. The van der Waals surface area contributed by atoms with Gasteiger partial charge in [-0.1, -0.05) is 18.0 Å². The highest BCUT2D eigenvalue weighted by molar-refractivity contribution is 7.78. The highest BCUT2D eigenvalue weighted by Gasteiger charge is 2.16. The predicted molar refractivity (Wildman–Crippen MR) is 86.9 cm³/mol. The number of carboxylic acid groups (broad SMARTS) is 1. The molecular formula is C14H16FN5O3S. The number of morpholine rings is 1. The summed E-state index contributed by atoms with van der Waals surface area (Å²) in [5.41, 5.74) is 1.43. The molecule has 0 unspecified atom stereocenters. The first-order valence-electron chi connectivity index (χ1n) is 7.28. The van der Waals surface area contributed by atoms with Gasteiger partial charge >= 0.3 is 6.09 Å². The van der Waals surface area contributed by atoms with E-state index in [1.807, 2.05) is 4.90 Å². The van der Waals surface area contributed by atoms with Gasteiger partial charge in [-0.05, 0) is 12.1 Å². The fraction of sp³-hybridized carbons (Fsp3) is 0.357. The summed E-state index contributed by atoms with van der Waals surface area (Å²) in [6, 6.07) is 4.81. The van der Waals surface area contributed by atoms with E-state index in [1.54, 1.807) is 12.1 Å². The number of halogens is 1. The lowest BCUT2D eigenvalue weighted by atomic mass is 10.2. The Bertz CT molecular complexity index is 735. The number of nitrogens with zero attached hydrogens (tertiary/aromatic N) is 5. The molecule has 1 aromatic carbocycles. The molecule has 10 heteroatoms. The van der Waals surface area contributed by atoms with Crippen LogP contribution in [0.4, 0.5) is 14.9 Å². The first kappa shape index (κ1) is 16.5. The third-order valence-electron chi connectivity index (χ3n) is 3.62. The lowest BCUT2D eigenvalue weighted by molar-refractivity contribution is 0.122. The van der Waals surface area contributed by atoms with E-state index in [4.69, 9.17) is 9.84 Å². The fourth-order valence-corrected chi connectivity index (χ4v) is 2.56. The van der Waals surface area contributed by atoms with Crippen molar-refractivity contribution in [3.63, 3.8) is 0 Å². The number of carbonyl (C=O) groups is 1. The van der Waals surface area contributed by atoms with Gasteiger partial charge < -0.3 is 14.7 Å². The Morgan fingerprint density at radius 2 is 2.17 bits per heavy atom. The van der Waals surface area contributed by atoms with Gasteiger partial charge in [0.2, 0.25) is 0 Å². The summed E-state index contributed by atoms with van der Waals surface area (Å²) in [6.45, 7) is 2.44. The van der Waals surface area contributed by atoms with E-state index < -0.39 is 6.09 Å². The molecule has 1 aliphatic heterocycles. The lowest BCUT2D eigenvalue weighted by Crippen LogP contribution is -2.36. The minimum absolute atomic E-state index is 0.0210. The Morgan fingerprint density at radius 1 is 1.42 bits per heavy atom. The maximum absolute atomic E-state index is 14.4. The normalized spacial score (nSPS) is 14.7. The van der Waals surface area contributed by atoms with Crippen LogP contribution in [0.2, 0.25) is 0 Å². The highest BCUT2D eigenvalue weighted by atomic mass is 32.1. The van der Waals surface area contributed by atoms with Crippen molar-refractivity contribution < 1.29 is 19.0 Å². The number of hydrogen-bond donors (Lipinski definition) is 2. The van der Waals surface area contributed by atoms with Crippen molar-refractivity contribution in [1.29, 1.82) is 0 Å². The van der Waals surface area contributed by atoms with Gasteiger partial charge in [0.1, 0.15) is 11.5 Å². The first-order chi connectivity index (χ1) is 11.5. The molecule has 0 spiro atoms. The SMILES string of the molecule is O=C(O)N(S)Cc1cn(-c2ccc(N3CCOCC3)c(F)c2)nn1. The van der Waals surface area contributed by atoms with E-state index in [0.29, 0.717) is 43.4 Å². The Labute approximate surface area is 143 Å². The number of ether oxygens (including phenoxy) is 1. The average Bonchev–Trinajstić information content (AvgIpc) is 3.04. The van der Waals surface area contributed by atoms with Crippen LogP contribution in [-0.4, -0.2) is 56.8 Å². The van der Waals surface area contributed by atoms with Crippen molar-refractivity contribution in [2.45, 2.75) is 6.54 Å². The third kappa shape index (κ3) is 3.60. The van der Waals surface area contributed by atoms with Crippen molar-refractivity contribution in [1.82, 2.24) is 19.3 Å². The van der Waals surface area contributed by atoms with Crippen LogP contribution in [-0.2, 0) is 11.3 Å². The van der Waals surface area contributed by atoms with Crippen LogP contribution in [0.1, 0.15) is 5.69 Å². The highest BCUT2D eigenvalue weighted by Crippen LogP contribution is 2.23. The van der Waals surface area contributed by atoms with Gasteiger partial charge in [-0.25, -0.2) is 18.2 Å². The maximum Gasteiger partial charge on any atom is 0.417 e. The van der Waals surface area contributed by atoms with Crippen molar-refractivity contribution in [3.05, 3.63) is 35.9 Å². The second-order valence-electron chi connectivity index (χ2n) is 5.23. The van der Waals surface area contributed by atoms with Crippen LogP contribution in [0.5, 0.6) is 0 Å². The van der Waals surface area contributed by atoms with Crippen molar-refractivity contribution in [2.24, 2.45) is 0 Å². The molecule has 0 atom stereocenters. The van der Waals surface area contributed by atoms with Gasteiger partial charge in [0.15, 0.2) is 0 Å². The number of anilines is 1. The van der Waals surface area contributed by atoms with Crippen molar-refractivity contribution in [3.8, 4) is 5.69 Å². The van der Waals surface area contributed by atoms with Crippen LogP contribution in [0.15, 0.2) is 24.4 Å². The molecule has 0 aliphatic carbocycles. The zero-order valence-electron chi connectivity index (χ0n) is 12.7. The molecule has 1 aliphatic rings. The van der Waals surface area contributed by atoms with Gasteiger partial charge in [0, 0.05) is 19.2 Å². The fourth-order valence-electron chi connectivity index (χ4n) is 2.42. The predicted octanol–water partition coefficient (Wildman–Crippen LogP) is 1.57. The minimum atomic E-state index is -1.19. The van der Waals surface area contributed by atoms with Gasteiger partial charge in [-0.15, -0.1) is 5.10 Å². The molecular weight excluding hydrogens is 337 g/mol. The zero-order chi connectivity index (χ0) is 17.1.